The lowest BCUT2D eigenvalue weighted by atomic mass is 10.1. The van der Waals surface area contributed by atoms with Gasteiger partial charge in [0, 0.05) is 6.42 Å². The molecule has 0 saturated carbocycles. The highest BCUT2D eigenvalue weighted by molar-refractivity contribution is 5.83. The van der Waals surface area contributed by atoms with Crippen molar-refractivity contribution in [3.8, 4) is 5.75 Å². The fourth-order valence-electron chi connectivity index (χ4n) is 1.81. The van der Waals surface area contributed by atoms with E-state index >= 15 is 0 Å². The zero-order valence-corrected chi connectivity index (χ0v) is 12.3. The highest BCUT2D eigenvalue weighted by Crippen LogP contribution is 2.12. The molecule has 1 atom stereocenters. The molecule has 0 radical (unpaired) electrons. The summed E-state index contributed by atoms with van der Waals surface area (Å²) in [4.78, 5) is 22.8. The van der Waals surface area contributed by atoms with Crippen molar-refractivity contribution >= 4 is 11.9 Å². The lowest BCUT2D eigenvalue weighted by molar-refractivity contribution is -0.141. The number of hydrogen-bond acceptors (Lipinski definition) is 3. The first-order valence-corrected chi connectivity index (χ1v) is 6.83. The first-order chi connectivity index (χ1) is 10.1. The summed E-state index contributed by atoms with van der Waals surface area (Å²) in [5, 5.41) is 11.6. The summed E-state index contributed by atoms with van der Waals surface area (Å²) in [7, 11) is 1.60. The molecule has 2 N–H and O–H groups in total. The van der Waals surface area contributed by atoms with Crippen molar-refractivity contribution in [3.05, 3.63) is 42.0 Å². The number of hydrogen-bond donors (Lipinski definition) is 2. The van der Waals surface area contributed by atoms with E-state index in [0.29, 0.717) is 12.8 Å². The highest BCUT2D eigenvalue weighted by atomic mass is 16.5. The number of aliphatic carboxylic acids is 1. The van der Waals surface area contributed by atoms with Crippen molar-refractivity contribution in [1.29, 1.82) is 0 Å². The lowest BCUT2D eigenvalue weighted by Crippen LogP contribution is -2.40. The van der Waals surface area contributed by atoms with Gasteiger partial charge in [0.2, 0.25) is 5.91 Å². The van der Waals surface area contributed by atoms with Gasteiger partial charge in [-0.25, -0.2) is 4.79 Å². The molecule has 21 heavy (non-hydrogen) atoms. The summed E-state index contributed by atoms with van der Waals surface area (Å²) < 4.78 is 5.06. The SMILES string of the molecule is C/C=C/CC(NC(=O)CCc1ccc(OC)cc1)C(=O)O. The molecule has 0 saturated heterocycles. The van der Waals surface area contributed by atoms with Crippen LogP contribution in [0, 0.1) is 0 Å². The molecule has 0 aromatic heterocycles. The summed E-state index contributed by atoms with van der Waals surface area (Å²) in [5.74, 6) is -0.519. The molecule has 0 spiro atoms. The van der Waals surface area contributed by atoms with E-state index in [2.05, 4.69) is 5.32 Å². The Morgan fingerprint density at radius 2 is 2.00 bits per heavy atom. The van der Waals surface area contributed by atoms with E-state index in [4.69, 9.17) is 9.84 Å². The fourth-order valence-corrected chi connectivity index (χ4v) is 1.81. The second kappa shape index (κ2) is 8.79. The quantitative estimate of drug-likeness (QED) is 0.720. The number of methoxy groups -OCH3 is 1. The van der Waals surface area contributed by atoms with Gasteiger partial charge >= 0.3 is 5.97 Å². The smallest absolute Gasteiger partial charge is 0.326 e. The molecule has 0 bridgehead atoms. The molecule has 5 nitrogen and oxygen atoms in total. The minimum Gasteiger partial charge on any atom is -0.497 e. The van der Waals surface area contributed by atoms with Crippen LogP contribution in [0.2, 0.25) is 0 Å². The zero-order valence-electron chi connectivity index (χ0n) is 12.3. The first-order valence-electron chi connectivity index (χ1n) is 6.83. The van der Waals surface area contributed by atoms with Crippen LogP contribution in [0.4, 0.5) is 0 Å². The van der Waals surface area contributed by atoms with Crippen LogP contribution in [0.1, 0.15) is 25.3 Å². The Balaban J connectivity index is 2.46. The maximum atomic E-state index is 11.8. The molecule has 5 heteroatoms. The largest absolute Gasteiger partial charge is 0.497 e. The van der Waals surface area contributed by atoms with Gasteiger partial charge in [0.25, 0.3) is 0 Å². The van der Waals surface area contributed by atoms with Crippen LogP contribution in [0.5, 0.6) is 5.75 Å². The van der Waals surface area contributed by atoms with E-state index in [1.165, 1.54) is 0 Å². The van der Waals surface area contributed by atoms with E-state index < -0.39 is 12.0 Å². The Labute approximate surface area is 124 Å². The van der Waals surface area contributed by atoms with E-state index in [1.54, 1.807) is 19.3 Å². The number of carboxylic acid groups (broad SMARTS) is 1. The average molecular weight is 291 g/mol. The van der Waals surface area contributed by atoms with Crippen molar-refractivity contribution in [1.82, 2.24) is 5.32 Å². The molecule has 0 aliphatic rings. The summed E-state index contributed by atoms with van der Waals surface area (Å²) in [6, 6.07) is 6.57. The summed E-state index contributed by atoms with van der Waals surface area (Å²) in [6.07, 6.45) is 4.60. The second-order valence-corrected chi connectivity index (χ2v) is 4.61. The number of carbonyl (C=O) groups excluding carboxylic acids is 1. The maximum absolute atomic E-state index is 11.8. The van der Waals surface area contributed by atoms with Crippen LogP contribution < -0.4 is 10.1 Å². The molecule has 1 aromatic carbocycles. The Hall–Kier alpha value is -2.30. The normalized spacial score (nSPS) is 12.1. The zero-order chi connectivity index (χ0) is 15.7. The third-order valence-corrected chi connectivity index (χ3v) is 3.04. The highest BCUT2D eigenvalue weighted by Gasteiger charge is 2.17. The third-order valence-electron chi connectivity index (χ3n) is 3.04. The minimum atomic E-state index is -1.02. The molecule has 0 heterocycles. The van der Waals surface area contributed by atoms with Gasteiger partial charge in [-0.05, 0) is 37.5 Å². The van der Waals surface area contributed by atoms with Crippen LogP contribution >= 0.6 is 0 Å². The molecule has 1 unspecified atom stereocenters. The monoisotopic (exact) mass is 291 g/mol. The number of nitrogens with one attached hydrogen (secondary N) is 1. The predicted molar refractivity (Wildman–Crippen MR) is 80.3 cm³/mol. The topological polar surface area (TPSA) is 75.6 Å². The number of amides is 1. The van der Waals surface area contributed by atoms with Crippen molar-refractivity contribution < 1.29 is 19.4 Å². The Morgan fingerprint density at radius 3 is 2.52 bits per heavy atom. The van der Waals surface area contributed by atoms with Crippen molar-refractivity contribution in [2.75, 3.05) is 7.11 Å². The van der Waals surface area contributed by atoms with Crippen molar-refractivity contribution in [3.63, 3.8) is 0 Å². The number of ether oxygens (including phenoxy) is 1. The molecule has 0 aliphatic carbocycles. The second-order valence-electron chi connectivity index (χ2n) is 4.61. The number of allylic oxidation sites excluding steroid dienone is 1. The summed E-state index contributed by atoms with van der Waals surface area (Å²) in [5.41, 5.74) is 1.01. The number of rotatable bonds is 8. The molecule has 1 rings (SSSR count). The van der Waals surface area contributed by atoms with Crippen molar-refractivity contribution in [2.45, 2.75) is 32.2 Å². The third kappa shape index (κ3) is 6.12. The molecule has 114 valence electrons. The van der Waals surface area contributed by atoms with Gasteiger partial charge < -0.3 is 15.2 Å². The molecule has 0 aliphatic heterocycles. The van der Waals surface area contributed by atoms with Crippen LogP contribution in [-0.4, -0.2) is 30.1 Å². The minimum absolute atomic E-state index is 0.256. The van der Waals surface area contributed by atoms with Gasteiger partial charge in [-0.15, -0.1) is 0 Å². The Morgan fingerprint density at radius 1 is 1.33 bits per heavy atom. The van der Waals surface area contributed by atoms with E-state index in [9.17, 15) is 9.59 Å². The lowest BCUT2D eigenvalue weighted by Gasteiger charge is -2.12. The molecule has 1 amide bonds. The number of carbonyl (C=O) groups is 2. The van der Waals surface area contributed by atoms with Crippen LogP contribution in [0.25, 0.3) is 0 Å². The number of aryl methyl sites for hydroxylation is 1. The van der Waals surface area contributed by atoms with E-state index in [-0.39, 0.29) is 12.3 Å². The molecular weight excluding hydrogens is 270 g/mol. The molecule has 0 fully saturated rings. The van der Waals surface area contributed by atoms with Crippen molar-refractivity contribution in [2.24, 2.45) is 0 Å². The average Bonchev–Trinajstić information content (AvgIpc) is 2.49. The van der Waals surface area contributed by atoms with Crippen LogP contribution in [0.15, 0.2) is 36.4 Å². The number of carboxylic acids is 1. The Kier molecular flexibility index (Phi) is 7.01. The van der Waals surface area contributed by atoms with Crippen LogP contribution in [-0.2, 0) is 16.0 Å². The maximum Gasteiger partial charge on any atom is 0.326 e. The fraction of sp³-hybridized carbons (Fsp3) is 0.375. The van der Waals surface area contributed by atoms with Gasteiger partial charge in [0.1, 0.15) is 11.8 Å². The van der Waals surface area contributed by atoms with Gasteiger partial charge in [-0.2, -0.15) is 0 Å². The van der Waals surface area contributed by atoms with E-state index in [0.717, 1.165) is 11.3 Å². The Bertz CT molecular complexity index is 494. The number of benzene rings is 1. The summed E-state index contributed by atoms with van der Waals surface area (Å²) in [6.45, 7) is 1.81. The van der Waals surface area contributed by atoms with Gasteiger partial charge in [0.15, 0.2) is 0 Å². The van der Waals surface area contributed by atoms with E-state index in [1.807, 2.05) is 31.2 Å². The van der Waals surface area contributed by atoms with Gasteiger partial charge in [0.05, 0.1) is 7.11 Å². The van der Waals surface area contributed by atoms with Gasteiger partial charge in [-0.1, -0.05) is 24.3 Å². The van der Waals surface area contributed by atoms with Gasteiger partial charge in [-0.3, -0.25) is 4.79 Å². The standard InChI is InChI=1S/C16H21NO4/c1-3-4-5-14(16(19)20)17-15(18)11-8-12-6-9-13(21-2)10-7-12/h3-4,6-7,9-10,14H,5,8,11H2,1-2H3,(H,17,18)(H,19,20)/b4-3+. The van der Waals surface area contributed by atoms with Crippen LogP contribution in [0.3, 0.4) is 0 Å². The summed E-state index contributed by atoms with van der Waals surface area (Å²) >= 11 is 0. The first kappa shape index (κ1) is 16.8. The molecular formula is C16H21NO4. The predicted octanol–water partition coefficient (Wildman–Crippen LogP) is 2.16. The molecule has 1 aromatic rings.